The summed E-state index contributed by atoms with van der Waals surface area (Å²) in [5.41, 5.74) is -3.09. The number of aliphatic hydroxyl groups is 1. The number of hydrogen-bond acceptors (Lipinski definition) is 6. The maximum atomic E-state index is 14.1. The van der Waals surface area contributed by atoms with Crippen LogP contribution < -0.4 is 24.8 Å². The first-order valence-corrected chi connectivity index (χ1v) is 9.75. The Morgan fingerprint density at radius 3 is 2.03 bits per heavy atom. The van der Waals surface area contributed by atoms with E-state index in [2.05, 4.69) is 5.32 Å². The van der Waals surface area contributed by atoms with E-state index in [-0.39, 0.29) is 28.4 Å². The number of nitrogens with one attached hydrogen (secondary N) is 2. The lowest BCUT2D eigenvalue weighted by Crippen LogP contribution is -2.72. The zero-order valence-corrected chi connectivity index (χ0v) is 18.2. The van der Waals surface area contributed by atoms with Gasteiger partial charge < -0.3 is 30.0 Å². The molecule has 3 N–H and O–H groups in total. The van der Waals surface area contributed by atoms with Crippen molar-refractivity contribution < 1.29 is 42.1 Å². The highest BCUT2D eigenvalue weighted by molar-refractivity contribution is 6.00. The molecule has 1 aliphatic heterocycles. The predicted molar refractivity (Wildman–Crippen MR) is 111 cm³/mol. The van der Waals surface area contributed by atoms with Crippen molar-refractivity contribution in [2.24, 2.45) is 5.92 Å². The van der Waals surface area contributed by atoms with Gasteiger partial charge >= 0.3 is 12.2 Å². The monoisotopic (exact) mass is 468 g/mol. The molecule has 33 heavy (non-hydrogen) atoms. The lowest BCUT2D eigenvalue weighted by molar-refractivity contribution is -0.287. The number of amides is 2. The molecule has 8 nitrogen and oxygen atoms in total. The maximum Gasteiger partial charge on any atom is 0.437 e. The van der Waals surface area contributed by atoms with Crippen molar-refractivity contribution in [3.05, 3.63) is 53.1 Å². The summed E-state index contributed by atoms with van der Waals surface area (Å²) in [6.07, 6.45) is -5.37. The highest BCUT2D eigenvalue weighted by Crippen LogP contribution is 2.47. The molecule has 3 atom stereocenters. The molecule has 11 heteroatoms. The minimum absolute atomic E-state index is 0.0347. The number of carbonyl (C=O) groups is 2. The average Bonchev–Trinajstić information content (AvgIpc) is 2.76. The van der Waals surface area contributed by atoms with E-state index in [0.717, 1.165) is 5.56 Å². The quantitative estimate of drug-likeness (QED) is 0.563. The molecule has 2 aromatic rings. The Morgan fingerprint density at radius 1 is 1.03 bits per heavy atom. The Hall–Kier alpha value is -3.47. The van der Waals surface area contributed by atoms with E-state index < -0.39 is 35.7 Å². The molecule has 0 bridgehead atoms. The Bertz CT molecular complexity index is 1030. The van der Waals surface area contributed by atoms with Gasteiger partial charge in [0.1, 0.15) is 5.92 Å². The van der Waals surface area contributed by atoms with Crippen LogP contribution in [0.25, 0.3) is 0 Å². The minimum atomic E-state index is -5.37. The second-order valence-electron chi connectivity index (χ2n) is 7.51. The summed E-state index contributed by atoms with van der Waals surface area (Å²) in [5, 5.41) is 14.5. The predicted octanol–water partition coefficient (Wildman–Crippen LogP) is 3.12. The number of rotatable bonds is 6. The molecule has 0 aliphatic carbocycles. The second-order valence-corrected chi connectivity index (χ2v) is 7.51. The van der Waals surface area contributed by atoms with Crippen molar-refractivity contribution >= 4 is 11.8 Å². The highest BCUT2D eigenvalue weighted by atomic mass is 19.4. The van der Waals surface area contributed by atoms with E-state index in [1.54, 1.807) is 19.1 Å². The summed E-state index contributed by atoms with van der Waals surface area (Å²) in [4.78, 5) is 25.6. The van der Waals surface area contributed by atoms with Gasteiger partial charge in [0.25, 0.3) is 0 Å². The zero-order chi connectivity index (χ0) is 24.6. The van der Waals surface area contributed by atoms with Crippen LogP contribution in [0.5, 0.6) is 17.2 Å². The molecule has 3 rings (SSSR count). The van der Waals surface area contributed by atoms with Crippen LogP contribution in [0, 0.1) is 12.8 Å². The fraction of sp³-hybridized carbons (Fsp3) is 0.364. The standard InChI is InChI=1S/C22H23F3N2O6/c1-11-5-7-12(8-6-11)18(28)16-17(26-20(29)27-21(16,30)22(23,24)25)13-9-14(31-2)19(33-4)15(10-13)32-3/h5-10,16-17,30H,1-4H3,(H2,26,27,29). The molecule has 0 aromatic heterocycles. The number of hydrogen-bond donors (Lipinski definition) is 3. The third-order valence-electron chi connectivity index (χ3n) is 5.47. The Labute approximate surface area is 187 Å². The third kappa shape index (κ3) is 4.28. The van der Waals surface area contributed by atoms with Crippen LogP contribution in [-0.2, 0) is 0 Å². The summed E-state index contributed by atoms with van der Waals surface area (Å²) in [6, 6.07) is 5.56. The fourth-order valence-corrected chi connectivity index (χ4v) is 3.80. The van der Waals surface area contributed by atoms with Gasteiger partial charge in [0.15, 0.2) is 17.3 Å². The average molecular weight is 468 g/mol. The molecule has 178 valence electrons. The van der Waals surface area contributed by atoms with Gasteiger partial charge in [0, 0.05) is 5.56 Å². The molecule has 1 aliphatic rings. The van der Waals surface area contributed by atoms with Crippen LogP contribution in [0.4, 0.5) is 18.0 Å². The van der Waals surface area contributed by atoms with Crippen molar-refractivity contribution in [2.45, 2.75) is 24.9 Å². The van der Waals surface area contributed by atoms with Gasteiger partial charge in [0.2, 0.25) is 11.5 Å². The molecule has 0 radical (unpaired) electrons. The molecule has 1 fully saturated rings. The lowest BCUT2D eigenvalue weighted by Gasteiger charge is -2.45. The first kappa shape index (κ1) is 24.2. The normalized spacial score (nSPS) is 22.7. The Morgan fingerprint density at radius 2 is 1.58 bits per heavy atom. The van der Waals surface area contributed by atoms with Crippen LogP contribution in [0.15, 0.2) is 36.4 Å². The fourth-order valence-electron chi connectivity index (χ4n) is 3.80. The van der Waals surface area contributed by atoms with E-state index in [9.17, 15) is 27.9 Å². The van der Waals surface area contributed by atoms with Gasteiger partial charge in [-0.3, -0.25) is 4.79 Å². The number of ketones is 1. The van der Waals surface area contributed by atoms with E-state index in [1.807, 2.05) is 0 Å². The number of methoxy groups -OCH3 is 3. The summed E-state index contributed by atoms with van der Waals surface area (Å²) in [6.45, 7) is 1.75. The van der Waals surface area contributed by atoms with Crippen molar-refractivity contribution in [2.75, 3.05) is 21.3 Å². The first-order valence-electron chi connectivity index (χ1n) is 9.75. The molecular formula is C22H23F3N2O6. The number of alkyl halides is 3. The van der Waals surface area contributed by atoms with Crippen LogP contribution >= 0.6 is 0 Å². The van der Waals surface area contributed by atoms with Crippen molar-refractivity contribution in [3.8, 4) is 17.2 Å². The Kier molecular flexibility index (Phi) is 6.46. The van der Waals surface area contributed by atoms with Gasteiger partial charge in [-0.2, -0.15) is 13.2 Å². The molecule has 2 aromatic carbocycles. The summed E-state index contributed by atoms with van der Waals surface area (Å²) in [5.74, 6) is -2.85. The third-order valence-corrected chi connectivity index (χ3v) is 5.47. The number of halogens is 3. The topological polar surface area (TPSA) is 106 Å². The van der Waals surface area contributed by atoms with E-state index in [4.69, 9.17) is 14.2 Å². The molecule has 3 unspecified atom stereocenters. The first-order chi connectivity index (χ1) is 15.5. The number of ether oxygens (including phenoxy) is 3. The smallest absolute Gasteiger partial charge is 0.437 e. The number of urea groups is 1. The van der Waals surface area contributed by atoms with Crippen molar-refractivity contribution in [1.29, 1.82) is 0 Å². The maximum absolute atomic E-state index is 14.1. The van der Waals surface area contributed by atoms with E-state index >= 15 is 0 Å². The van der Waals surface area contributed by atoms with Crippen LogP contribution in [0.1, 0.15) is 27.5 Å². The number of aryl methyl sites for hydroxylation is 1. The van der Waals surface area contributed by atoms with Gasteiger partial charge in [-0.1, -0.05) is 29.8 Å². The second kappa shape index (κ2) is 8.81. The van der Waals surface area contributed by atoms with Crippen molar-refractivity contribution in [3.63, 3.8) is 0 Å². The molecule has 1 heterocycles. The Balaban J connectivity index is 2.24. The van der Waals surface area contributed by atoms with E-state index in [0.29, 0.717) is 0 Å². The SMILES string of the molecule is COc1cc(C2NC(=O)NC(O)(C(F)(F)F)C2C(=O)c2ccc(C)cc2)cc(OC)c1OC. The minimum Gasteiger partial charge on any atom is -0.493 e. The zero-order valence-electron chi connectivity index (χ0n) is 18.2. The van der Waals surface area contributed by atoms with Gasteiger partial charge in [0.05, 0.1) is 27.4 Å². The van der Waals surface area contributed by atoms with Crippen LogP contribution in [0.3, 0.4) is 0 Å². The van der Waals surface area contributed by atoms with Gasteiger partial charge in [-0.05, 0) is 24.6 Å². The number of benzene rings is 2. The summed E-state index contributed by atoms with van der Waals surface area (Å²) >= 11 is 0. The molecule has 1 saturated heterocycles. The molecular weight excluding hydrogens is 445 g/mol. The molecule has 0 spiro atoms. The summed E-state index contributed by atoms with van der Waals surface area (Å²) in [7, 11) is 3.96. The molecule has 2 amide bonds. The highest BCUT2D eigenvalue weighted by Gasteiger charge is 2.66. The summed E-state index contributed by atoms with van der Waals surface area (Å²) < 4.78 is 57.9. The van der Waals surface area contributed by atoms with Crippen LogP contribution in [0.2, 0.25) is 0 Å². The van der Waals surface area contributed by atoms with Crippen LogP contribution in [-0.4, -0.2) is 50.2 Å². The molecule has 0 saturated carbocycles. The van der Waals surface area contributed by atoms with Gasteiger partial charge in [-0.25, -0.2) is 4.79 Å². The largest absolute Gasteiger partial charge is 0.493 e. The van der Waals surface area contributed by atoms with Gasteiger partial charge in [-0.15, -0.1) is 0 Å². The van der Waals surface area contributed by atoms with E-state index in [1.165, 1.54) is 50.9 Å². The lowest BCUT2D eigenvalue weighted by atomic mass is 9.77. The van der Waals surface area contributed by atoms with Crippen molar-refractivity contribution in [1.82, 2.24) is 10.6 Å². The number of carbonyl (C=O) groups excluding carboxylic acids is 2. The number of Topliss-reactive ketones (excluding diaryl/α,β-unsaturated/α-hetero) is 1.